The van der Waals surface area contributed by atoms with Crippen LogP contribution in [0.15, 0.2) is 234 Å². The minimum Gasteiger partial charge on any atom is -0.391 e. The van der Waals surface area contributed by atoms with Gasteiger partial charge in [-0.2, -0.15) is 0 Å². The average Bonchev–Trinajstić information content (AvgIpc) is 1.56. The maximum atomic E-state index is 14.4. The summed E-state index contributed by atoms with van der Waals surface area (Å²) in [7, 11) is 0. The van der Waals surface area contributed by atoms with Crippen molar-refractivity contribution in [3.8, 4) is 41.8 Å². The maximum absolute atomic E-state index is 14.4. The number of aliphatic hydroxyl groups excluding tert-OH is 3. The third kappa shape index (κ3) is 23.1. The van der Waals surface area contributed by atoms with Crippen molar-refractivity contribution in [3.05, 3.63) is 328 Å². The van der Waals surface area contributed by atoms with Crippen LogP contribution in [0.5, 0.6) is 0 Å². The largest absolute Gasteiger partial charge is 0.391 e. The maximum Gasteiger partial charge on any atom is 0.255 e. The number of hydrogen-bond acceptors (Lipinski definition) is 24. The number of hydrogen-bond donors (Lipinski definition) is 8. The Morgan fingerprint density at radius 1 is 0.413 bits per heavy atom. The number of β-amino-alcohol motifs (C(OH)–C–C–N with tert-alkyl or cyclic N) is 4. The predicted molar refractivity (Wildman–Crippen MR) is 577 cm³/mol. The Labute approximate surface area is 890 Å². The van der Waals surface area contributed by atoms with Crippen LogP contribution in [0, 0.1) is 40.5 Å². The van der Waals surface area contributed by atoms with Crippen molar-refractivity contribution in [2.75, 3.05) is 26.2 Å². The number of thiazole rings is 4. The molecular formula is C115H121N15O15S5. The van der Waals surface area contributed by atoms with Crippen LogP contribution in [0.25, 0.3) is 41.8 Å². The minimum absolute atomic E-state index is 0.0328. The van der Waals surface area contributed by atoms with Crippen LogP contribution in [-0.4, -0.2) is 225 Å². The number of amides is 11. The Hall–Kier alpha value is -14.0. The van der Waals surface area contributed by atoms with E-state index in [1.165, 1.54) is 30.9 Å². The lowest BCUT2D eigenvalue weighted by Gasteiger charge is -2.45. The molecule has 7 aliphatic heterocycles. The van der Waals surface area contributed by atoms with Gasteiger partial charge in [0, 0.05) is 118 Å². The van der Waals surface area contributed by atoms with E-state index in [1.807, 2.05) is 258 Å². The molecule has 8 aliphatic rings. The highest BCUT2D eigenvalue weighted by molar-refractivity contribution is 7.14. The van der Waals surface area contributed by atoms with Crippen LogP contribution in [0.4, 0.5) is 0 Å². The minimum atomic E-state index is -1.20. The number of fused-ring (bicyclic) bond motifs is 3. The Bertz CT molecular complexity index is 7140. The summed E-state index contributed by atoms with van der Waals surface area (Å²) in [6.07, 6.45) is 2.23. The molecule has 8 N–H and O–H groups in total. The molecule has 0 radical (unpaired) electrons. The average molecular weight is 2110 g/mol. The first-order valence-corrected chi connectivity index (χ1v) is 55.0. The summed E-state index contributed by atoms with van der Waals surface area (Å²) < 4.78 is 0. The van der Waals surface area contributed by atoms with Crippen LogP contribution in [0.1, 0.15) is 198 Å². The second-order valence-electron chi connectivity index (χ2n) is 40.3. The molecular weight excluding hydrogens is 1990 g/mol. The van der Waals surface area contributed by atoms with Crippen LogP contribution >= 0.6 is 56.7 Å². The van der Waals surface area contributed by atoms with E-state index in [-0.39, 0.29) is 123 Å². The summed E-state index contributed by atoms with van der Waals surface area (Å²) in [5.74, 6) is -2.97. The second-order valence-corrected chi connectivity index (χ2v) is 44.7. The monoisotopic (exact) mass is 2110 g/mol. The first-order valence-electron chi connectivity index (χ1n) is 50.6. The lowest BCUT2D eigenvalue weighted by molar-refractivity contribution is -0.150. The summed E-state index contributed by atoms with van der Waals surface area (Å²) in [5.41, 5.74) is 23.2. The standard InChI is InChI=1S/C31H34N4O4S.C30H28N4O4S2.C30H34N4O4S.C24H25N3O3S/c1-20-27(40-19-33-20)22-11-9-21(10-12-22)16-32-28(37)26-15-24(36)18-34(26)30(39)31(13-5-2-6-14-31)35-17-23-7-3-4-8-25(23)29(35)38;1-18-27(40-17-32-18)20-10-8-19(9-11-20)14-31-28(36)24-13-22(35)16-33(24)30(38)26(25-7-4-12-39-25)34-15-21-5-2-3-6-23(21)29(34)37;1-18(2)25(33-15-22-7-5-6-8-23(22)28(33)36)29(37)34-16-30(4,38)13-24(34)27(35)31-14-20-9-11-21(12-10-20)26-19(3)32-17-39-26;1-15-4-3-5-19(10-15)24(30)27-13-20(28)11-21(27)23(29)25-12-17-6-8-18(9-7-17)22-16(2)26-14-31-22/h3-4,7-12,19,24,26,36H,2,5-6,13-18H2,1H3,(H,32,37);2-12,17,22,24,26,35H,13-16H2,1H3,(H,31,36);5-12,17-18,24-25,38H,13-16H2,1-4H3,(H,31,35);3-10,14,20-21,28H,11-13H2,1-2H3,(H,25,29)/t24-,26+;22-,24+,26+;24-,25-,30-;20-,21+/m1101/s1. The molecule has 150 heavy (non-hydrogen) atoms. The number of thiophene rings is 1. The van der Waals surface area contributed by atoms with E-state index < -0.39 is 65.7 Å². The molecule has 11 amide bonds. The zero-order valence-electron chi connectivity index (χ0n) is 84.7. The predicted octanol–water partition coefficient (Wildman–Crippen LogP) is 15.3. The highest BCUT2D eigenvalue weighted by Crippen LogP contribution is 2.45. The van der Waals surface area contributed by atoms with Gasteiger partial charge in [-0.15, -0.1) is 56.7 Å². The van der Waals surface area contributed by atoms with Gasteiger partial charge in [0.2, 0.25) is 35.4 Å². The number of aryl methyl sites for hydroxylation is 5. The fraction of sp³-hybridized carbons (Fsp3) is 0.348. The van der Waals surface area contributed by atoms with Crippen molar-refractivity contribution in [1.29, 1.82) is 0 Å². The normalized spacial score (nSPS) is 20.3. The fourth-order valence-corrected chi connectivity index (χ4v) is 25.6. The summed E-state index contributed by atoms with van der Waals surface area (Å²) in [6.45, 7) is 17.9. The molecule has 10 atom stereocenters. The summed E-state index contributed by atoms with van der Waals surface area (Å²) in [5, 5.41) is 55.8. The van der Waals surface area contributed by atoms with Gasteiger partial charge >= 0.3 is 0 Å². The lowest BCUT2D eigenvalue weighted by Crippen LogP contribution is -2.62. The molecule has 0 bridgehead atoms. The Morgan fingerprint density at radius 3 is 1.20 bits per heavy atom. The molecule has 35 heteroatoms. The number of aromatic nitrogens is 4. The summed E-state index contributed by atoms with van der Waals surface area (Å²) in [6, 6.07) is 60.4. The number of carbonyl (C=O) groups is 11. The molecule has 0 spiro atoms. The van der Waals surface area contributed by atoms with E-state index in [9.17, 15) is 73.2 Å². The van der Waals surface area contributed by atoms with Crippen molar-refractivity contribution in [1.82, 2.24) is 75.5 Å². The SMILES string of the molecule is Cc1cccc(C(=O)N2C[C@H](O)C[C@H]2C(=O)NCc2ccc(-c3scnc3C)cc2)c1.Cc1ncsc1-c1ccc(CNC(=O)[C@@H]2C[C@@H](O)CN2C(=O)C2(N3Cc4ccccc4C3=O)CCCCC2)cc1.Cc1ncsc1-c1ccc(CNC(=O)[C@@H]2C[C@@H](O)CN2C(=O)[C@H](c2cccs2)N2Cc3ccccc3C2=O)cc1.Cc1ncsc1-c1ccc(CNC(=O)[C@@H]2C[C@](C)(O)CN2C(=O)[C@H](C(C)C)N2Cc3ccccc3C2=O)cc1. The van der Waals surface area contributed by atoms with E-state index in [1.54, 1.807) is 91.2 Å². The van der Waals surface area contributed by atoms with Crippen molar-refractivity contribution >= 4 is 122 Å². The highest BCUT2D eigenvalue weighted by atomic mass is 32.1. The molecule has 1 saturated carbocycles. The first-order chi connectivity index (χ1) is 72.2. The van der Waals surface area contributed by atoms with Crippen LogP contribution in [-0.2, 0) is 79.4 Å². The van der Waals surface area contributed by atoms with Gasteiger partial charge in [-0.05, 0) is 163 Å². The molecule has 8 aromatic carbocycles. The van der Waals surface area contributed by atoms with Gasteiger partial charge in [0.15, 0.2) is 0 Å². The molecule has 5 aromatic heterocycles. The number of rotatable bonds is 25. The second kappa shape index (κ2) is 46.2. The molecule has 4 saturated heterocycles. The van der Waals surface area contributed by atoms with Crippen LogP contribution in [0.3, 0.4) is 0 Å². The van der Waals surface area contributed by atoms with Gasteiger partial charge in [0.05, 0.1) is 94.8 Å². The van der Waals surface area contributed by atoms with Crippen LogP contribution < -0.4 is 21.3 Å². The Morgan fingerprint density at radius 2 is 0.800 bits per heavy atom. The molecule has 12 heterocycles. The molecule has 1 aliphatic carbocycles. The number of aliphatic hydroxyl groups is 4. The first kappa shape index (κ1) is 106. The highest BCUT2D eigenvalue weighted by Gasteiger charge is 2.56. The zero-order chi connectivity index (χ0) is 106. The summed E-state index contributed by atoms with van der Waals surface area (Å²) >= 11 is 7.78. The van der Waals surface area contributed by atoms with E-state index in [0.29, 0.717) is 80.9 Å². The van der Waals surface area contributed by atoms with E-state index >= 15 is 0 Å². The molecule has 30 nitrogen and oxygen atoms in total. The number of nitrogens with one attached hydrogen (secondary N) is 4. The molecule has 13 aromatic rings. The van der Waals surface area contributed by atoms with Crippen molar-refractivity contribution < 1.29 is 73.2 Å². The van der Waals surface area contributed by atoms with E-state index in [2.05, 4.69) is 41.2 Å². The van der Waals surface area contributed by atoms with Gasteiger partial charge in [-0.1, -0.05) is 209 Å². The third-order valence-electron chi connectivity index (χ3n) is 29.3. The Kier molecular flexibility index (Phi) is 32.6. The number of likely N-dealkylation sites (tertiary alicyclic amines) is 4. The fourth-order valence-electron chi connectivity index (χ4n) is 21.5. The van der Waals surface area contributed by atoms with Gasteiger partial charge in [-0.25, -0.2) is 19.9 Å². The van der Waals surface area contributed by atoms with E-state index in [0.717, 1.165) is 133 Å². The zero-order valence-corrected chi connectivity index (χ0v) is 88.8. The van der Waals surface area contributed by atoms with Crippen molar-refractivity contribution in [2.24, 2.45) is 5.92 Å². The smallest absolute Gasteiger partial charge is 0.255 e. The van der Waals surface area contributed by atoms with Gasteiger partial charge in [0.25, 0.3) is 29.5 Å². The van der Waals surface area contributed by atoms with Gasteiger partial charge in [0.1, 0.15) is 41.8 Å². The van der Waals surface area contributed by atoms with Crippen molar-refractivity contribution in [3.63, 3.8) is 0 Å². The topological polar surface area (TPSA) is 391 Å². The Balaban J connectivity index is 0.000000131. The molecule has 776 valence electrons. The number of nitrogens with zero attached hydrogens (tertiary/aromatic N) is 11. The van der Waals surface area contributed by atoms with Crippen molar-refractivity contribution in [2.45, 2.75) is 225 Å². The number of benzene rings is 8. The quantitative estimate of drug-likeness (QED) is 0.0263. The summed E-state index contributed by atoms with van der Waals surface area (Å²) in [4.78, 5) is 182. The van der Waals surface area contributed by atoms with Crippen LogP contribution in [0.2, 0.25) is 0 Å². The molecule has 0 unspecified atom stereocenters. The molecule has 21 rings (SSSR count). The molecule has 5 fully saturated rings. The van der Waals surface area contributed by atoms with Gasteiger partial charge < -0.3 is 76.0 Å². The van der Waals surface area contributed by atoms with E-state index in [4.69, 9.17) is 0 Å². The lowest BCUT2D eigenvalue weighted by atomic mass is 9.78. The third-order valence-corrected chi connectivity index (χ3v) is 34.2. The van der Waals surface area contributed by atoms with Gasteiger partial charge in [-0.3, -0.25) is 52.7 Å². The number of carbonyl (C=O) groups excluding carboxylic acids is 11.